The first-order chi connectivity index (χ1) is 16.9. The molecule has 1 saturated heterocycles. The maximum absolute atomic E-state index is 11.4. The van der Waals surface area contributed by atoms with Gasteiger partial charge in [-0.3, -0.25) is 4.57 Å². The lowest BCUT2D eigenvalue weighted by molar-refractivity contribution is -0.107. The van der Waals surface area contributed by atoms with Gasteiger partial charge in [-0.15, -0.1) is 11.3 Å². The summed E-state index contributed by atoms with van der Waals surface area (Å²) in [6.07, 6.45) is -0.191. The molecule has 2 aromatic carbocycles. The van der Waals surface area contributed by atoms with Crippen LogP contribution in [0.3, 0.4) is 0 Å². The van der Waals surface area contributed by atoms with Crippen molar-refractivity contribution < 1.29 is 34.3 Å². The number of aliphatic hydroxyl groups is 1. The molecule has 0 unspecified atom stereocenters. The number of nitrogens with zero attached hydrogens (tertiary/aromatic N) is 2. The number of fused-ring (bicyclic) bond motifs is 7. The Morgan fingerprint density at radius 3 is 2.83 bits per heavy atom. The fourth-order valence-electron chi connectivity index (χ4n) is 5.65. The molecule has 2 aromatic heterocycles. The number of thiazole rings is 1. The normalized spacial score (nSPS) is 25.9. The number of aliphatic hydroxyl groups excluding tert-OH is 1. The zero-order chi connectivity index (χ0) is 23.9. The third-order valence-corrected chi connectivity index (χ3v) is 8.12. The van der Waals surface area contributed by atoms with Gasteiger partial charge in [0.2, 0.25) is 18.6 Å². The minimum Gasteiger partial charge on any atom is -0.494 e. The molecule has 4 aromatic rings. The average Bonchev–Trinajstić information content (AvgIpc) is 3.61. The summed E-state index contributed by atoms with van der Waals surface area (Å²) in [4.78, 5) is 4.29. The van der Waals surface area contributed by atoms with Crippen LogP contribution in [0.25, 0.3) is 15.9 Å². The highest BCUT2D eigenvalue weighted by atomic mass is 32.1. The average molecular weight is 495 g/mol. The predicted molar refractivity (Wildman–Crippen MR) is 126 cm³/mol. The van der Waals surface area contributed by atoms with Crippen molar-refractivity contribution in [2.45, 2.75) is 37.1 Å². The van der Waals surface area contributed by atoms with Gasteiger partial charge in [0.05, 0.1) is 45.3 Å². The highest BCUT2D eigenvalue weighted by Gasteiger charge is 2.66. The quantitative estimate of drug-likeness (QED) is 0.383. The molecule has 0 amide bonds. The molecule has 0 saturated carbocycles. The van der Waals surface area contributed by atoms with Gasteiger partial charge in [0.25, 0.3) is 0 Å². The maximum atomic E-state index is 11.4. The van der Waals surface area contributed by atoms with Gasteiger partial charge < -0.3 is 34.3 Å². The van der Waals surface area contributed by atoms with Gasteiger partial charge in [-0.2, -0.15) is 0 Å². The fraction of sp³-hybridized carbons (Fsp3) is 0.320. The third kappa shape index (κ3) is 2.78. The summed E-state index contributed by atoms with van der Waals surface area (Å²) in [7, 11) is 0. The molecule has 5 heterocycles. The lowest BCUT2D eigenvalue weighted by atomic mass is 9.76. The smallest absolute Gasteiger partial charge is 0.231 e. The van der Waals surface area contributed by atoms with Crippen molar-refractivity contribution in [1.29, 1.82) is 0 Å². The number of aromatic hydroxyl groups is 2. The topological polar surface area (TPSA) is 115 Å². The molecule has 0 aliphatic carbocycles. The van der Waals surface area contributed by atoms with Gasteiger partial charge >= 0.3 is 0 Å². The molecular formula is C25H22N2O7S. The summed E-state index contributed by atoms with van der Waals surface area (Å²) in [5.41, 5.74) is 1.99. The van der Waals surface area contributed by atoms with Gasteiger partial charge in [-0.25, -0.2) is 4.98 Å². The van der Waals surface area contributed by atoms with E-state index < -0.39 is 17.3 Å². The molecule has 0 spiro atoms. The molecule has 3 N–H and O–H groups in total. The highest BCUT2D eigenvalue weighted by molar-refractivity contribution is 7.16. The van der Waals surface area contributed by atoms with Crippen LogP contribution in [0.2, 0.25) is 0 Å². The van der Waals surface area contributed by atoms with E-state index in [2.05, 4.69) is 4.98 Å². The van der Waals surface area contributed by atoms with Gasteiger partial charge in [0, 0.05) is 18.9 Å². The van der Waals surface area contributed by atoms with Crippen LogP contribution in [0.15, 0.2) is 41.9 Å². The summed E-state index contributed by atoms with van der Waals surface area (Å²) in [5, 5.41) is 33.6. The fourth-order valence-corrected chi connectivity index (χ4v) is 6.36. The highest BCUT2D eigenvalue weighted by Crippen LogP contribution is 2.65. The van der Waals surface area contributed by atoms with E-state index in [1.807, 2.05) is 12.1 Å². The van der Waals surface area contributed by atoms with Crippen LogP contribution in [0, 0.1) is 0 Å². The molecule has 1 fully saturated rings. The Bertz CT molecular complexity index is 1500. The number of rotatable bonds is 5. The van der Waals surface area contributed by atoms with Gasteiger partial charge in [0.1, 0.15) is 17.0 Å². The summed E-state index contributed by atoms with van der Waals surface area (Å²) in [6, 6.07) is 10.9. The second-order valence-corrected chi connectivity index (χ2v) is 10.2. The molecule has 7 rings (SSSR count). The minimum absolute atomic E-state index is 0.0972. The summed E-state index contributed by atoms with van der Waals surface area (Å²) in [6.45, 7) is 2.20. The Hall–Kier alpha value is -3.47. The Morgan fingerprint density at radius 2 is 1.94 bits per heavy atom. The van der Waals surface area contributed by atoms with E-state index in [0.717, 1.165) is 10.2 Å². The van der Waals surface area contributed by atoms with Crippen molar-refractivity contribution in [1.82, 2.24) is 9.55 Å². The summed E-state index contributed by atoms with van der Waals surface area (Å²) >= 11 is 1.48. The largest absolute Gasteiger partial charge is 0.494 e. The Balaban J connectivity index is 1.24. The Morgan fingerprint density at radius 1 is 1.11 bits per heavy atom. The van der Waals surface area contributed by atoms with Crippen LogP contribution in [0.4, 0.5) is 0 Å². The van der Waals surface area contributed by atoms with Crippen LogP contribution in [0.1, 0.15) is 30.9 Å². The monoisotopic (exact) mass is 494 g/mol. The number of ether oxygens (including phenoxy) is 4. The first-order valence-electron chi connectivity index (χ1n) is 11.3. The lowest BCUT2D eigenvalue weighted by Crippen LogP contribution is -2.33. The lowest BCUT2D eigenvalue weighted by Gasteiger charge is -2.26. The number of aromatic nitrogens is 2. The van der Waals surface area contributed by atoms with E-state index in [-0.39, 0.29) is 31.6 Å². The van der Waals surface area contributed by atoms with Gasteiger partial charge in [0.15, 0.2) is 11.5 Å². The molecule has 9 nitrogen and oxygen atoms in total. The zero-order valence-electron chi connectivity index (χ0n) is 18.7. The van der Waals surface area contributed by atoms with E-state index in [1.54, 1.807) is 36.7 Å². The first kappa shape index (κ1) is 20.9. The Labute approximate surface area is 203 Å². The van der Waals surface area contributed by atoms with E-state index in [9.17, 15) is 15.3 Å². The number of hydrogen-bond acceptors (Lipinski definition) is 9. The van der Waals surface area contributed by atoms with Gasteiger partial charge in [-0.1, -0.05) is 0 Å². The molecule has 3 aliphatic rings. The van der Waals surface area contributed by atoms with E-state index in [4.69, 9.17) is 18.9 Å². The van der Waals surface area contributed by atoms with Crippen LogP contribution in [-0.4, -0.2) is 44.4 Å². The summed E-state index contributed by atoms with van der Waals surface area (Å²) in [5.74, 6) is 1.68. The SMILES string of the molecule is C[C@@]12O[C@@](CCOc3ccc4c(c3)OCO4)(C[C@H]1O)c1c2c(O)n(-c2ccc3ncsc3c2)c1O. The van der Waals surface area contributed by atoms with Crippen molar-refractivity contribution >= 4 is 21.6 Å². The molecule has 3 aliphatic heterocycles. The molecule has 3 atom stereocenters. The molecule has 180 valence electrons. The van der Waals surface area contributed by atoms with E-state index in [1.165, 1.54) is 15.9 Å². The Kier molecular flexibility index (Phi) is 4.19. The second kappa shape index (κ2) is 7.03. The molecule has 2 bridgehead atoms. The van der Waals surface area contributed by atoms with Crippen molar-refractivity contribution in [2.75, 3.05) is 13.4 Å². The van der Waals surface area contributed by atoms with Gasteiger partial charge in [-0.05, 0) is 37.3 Å². The van der Waals surface area contributed by atoms with Crippen molar-refractivity contribution in [3.05, 3.63) is 53.0 Å². The van der Waals surface area contributed by atoms with E-state index in [0.29, 0.717) is 40.5 Å². The molecule has 0 radical (unpaired) electrons. The standard InChI is InChI=1S/C25H22N2O7S/c1-24-19(28)10-25(34-24,6-7-31-14-3-5-16-17(9-14)33-12-32-16)21-20(24)22(29)27(23(21)30)13-2-4-15-18(8-13)35-11-26-15/h2-5,8-9,11,19,28-30H,6-7,10,12H2,1H3/t19-,24-,25+/m1/s1. The van der Waals surface area contributed by atoms with Crippen LogP contribution in [0.5, 0.6) is 29.0 Å². The second-order valence-electron chi connectivity index (χ2n) is 9.27. The predicted octanol–water partition coefficient (Wildman–Crippen LogP) is 3.90. The molecule has 35 heavy (non-hydrogen) atoms. The van der Waals surface area contributed by atoms with Crippen LogP contribution >= 0.6 is 11.3 Å². The summed E-state index contributed by atoms with van der Waals surface area (Å²) < 4.78 is 25.4. The van der Waals surface area contributed by atoms with Crippen molar-refractivity contribution in [3.63, 3.8) is 0 Å². The zero-order valence-corrected chi connectivity index (χ0v) is 19.5. The number of benzene rings is 2. The maximum Gasteiger partial charge on any atom is 0.231 e. The van der Waals surface area contributed by atoms with Crippen LogP contribution < -0.4 is 14.2 Å². The van der Waals surface area contributed by atoms with Crippen LogP contribution in [-0.2, 0) is 15.9 Å². The van der Waals surface area contributed by atoms with Crippen molar-refractivity contribution in [3.8, 4) is 34.7 Å². The molecular weight excluding hydrogens is 472 g/mol. The number of hydrogen-bond donors (Lipinski definition) is 3. The van der Waals surface area contributed by atoms with E-state index >= 15 is 0 Å². The van der Waals surface area contributed by atoms with Crippen molar-refractivity contribution in [2.24, 2.45) is 0 Å². The molecule has 10 heteroatoms. The first-order valence-corrected chi connectivity index (χ1v) is 12.2. The minimum atomic E-state index is -1.14. The third-order valence-electron chi connectivity index (χ3n) is 7.33.